The highest BCUT2D eigenvalue weighted by atomic mass is 16.6. The monoisotopic (exact) mass is 417 g/mol. The lowest BCUT2D eigenvalue weighted by atomic mass is 9.75. The molecule has 2 atom stereocenters. The second-order valence-corrected chi connectivity index (χ2v) is 8.71. The number of ether oxygens (including phenoxy) is 2. The Morgan fingerprint density at radius 1 is 1.00 bits per heavy atom. The third-order valence-electron chi connectivity index (χ3n) is 6.61. The molecule has 5 heteroatoms. The van der Waals surface area contributed by atoms with Crippen molar-refractivity contribution in [2.24, 2.45) is 0 Å². The van der Waals surface area contributed by atoms with Crippen molar-refractivity contribution in [2.75, 3.05) is 13.2 Å². The van der Waals surface area contributed by atoms with Gasteiger partial charge in [0.15, 0.2) is 0 Å². The Labute approximate surface area is 182 Å². The molecule has 1 N–H and O–H groups in total. The van der Waals surface area contributed by atoms with Crippen molar-refractivity contribution in [3.05, 3.63) is 83.4 Å². The molecule has 3 aromatic carbocycles. The Bertz CT molecular complexity index is 1080. The zero-order chi connectivity index (χ0) is 21.4. The average molecular weight is 418 g/mol. The minimum absolute atomic E-state index is 0.221. The number of aliphatic hydroxyl groups is 1. The highest BCUT2D eigenvalue weighted by Gasteiger charge is 2.49. The largest absolute Gasteiger partial charge is 0.445 e. The first kappa shape index (κ1) is 20.0. The lowest BCUT2D eigenvalue weighted by molar-refractivity contribution is -0.136. The summed E-state index contributed by atoms with van der Waals surface area (Å²) in [6.45, 7) is 3.14. The lowest BCUT2D eigenvalue weighted by Crippen LogP contribution is -2.62. The molecule has 2 fully saturated rings. The third-order valence-corrected chi connectivity index (χ3v) is 6.61. The van der Waals surface area contributed by atoms with Crippen LogP contribution in [0, 0.1) is 6.92 Å². The molecule has 0 aliphatic carbocycles. The summed E-state index contributed by atoms with van der Waals surface area (Å²) in [6, 6.07) is 21.5. The molecule has 0 aromatic heterocycles. The molecule has 5 rings (SSSR count). The number of piperidine rings is 1. The van der Waals surface area contributed by atoms with E-state index in [1.807, 2.05) is 48.5 Å². The van der Waals surface area contributed by atoms with E-state index in [0.717, 1.165) is 21.9 Å². The van der Waals surface area contributed by atoms with Crippen LogP contribution >= 0.6 is 0 Å². The molecule has 160 valence electrons. The van der Waals surface area contributed by atoms with Gasteiger partial charge in [-0.2, -0.15) is 0 Å². The Hall–Kier alpha value is -2.89. The number of rotatable bonds is 3. The maximum Gasteiger partial charge on any atom is 0.410 e. The van der Waals surface area contributed by atoms with Crippen LogP contribution in [-0.2, 0) is 21.7 Å². The van der Waals surface area contributed by atoms with Gasteiger partial charge in [-0.15, -0.1) is 0 Å². The van der Waals surface area contributed by atoms with Gasteiger partial charge in [-0.25, -0.2) is 4.79 Å². The Morgan fingerprint density at radius 3 is 2.35 bits per heavy atom. The molecule has 0 spiro atoms. The Balaban J connectivity index is 1.40. The average Bonchev–Trinajstić information content (AvgIpc) is 2.78. The van der Waals surface area contributed by atoms with Crippen LogP contribution in [0.4, 0.5) is 4.79 Å². The van der Waals surface area contributed by atoms with Gasteiger partial charge in [-0.3, -0.25) is 4.90 Å². The number of amides is 1. The van der Waals surface area contributed by atoms with Gasteiger partial charge < -0.3 is 14.6 Å². The molecule has 2 aliphatic rings. The molecule has 2 aliphatic heterocycles. The van der Waals surface area contributed by atoms with Crippen molar-refractivity contribution in [2.45, 2.75) is 44.1 Å². The fourth-order valence-electron chi connectivity index (χ4n) is 5.14. The number of morpholine rings is 1. The second kappa shape index (κ2) is 7.98. The predicted molar refractivity (Wildman–Crippen MR) is 119 cm³/mol. The summed E-state index contributed by atoms with van der Waals surface area (Å²) < 4.78 is 11.4. The quantitative estimate of drug-likeness (QED) is 0.680. The molecule has 31 heavy (non-hydrogen) atoms. The first-order chi connectivity index (χ1) is 15.0. The molecule has 2 unspecified atom stereocenters. The first-order valence-electron chi connectivity index (χ1n) is 10.8. The summed E-state index contributed by atoms with van der Waals surface area (Å²) in [5, 5.41) is 14.0. The third kappa shape index (κ3) is 3.68. The summed E-state index contributed by atoms with van der Waals surface area (Å²) in [7, 11) is 0. The number of hydrogen-bond donors (Lipinski definition) is 1. The zero-order valence-electron chi connectivity index (χ0n) is 17.7. The number of hydrogen-bond acceptors (Lipinski definition) is 4. The van der Waals surface area contributed by atoms with E-state index in [1.54, 1.807) is 4.90 Å². The molecule has 3 aromatic rings. The molecule has 2 bridgehead atoms. The van der Waals surface area contributed by atoms with Gasteiger partial charge in [0.05, 0.1) is 30.9 Å². The molecular weight excluding hydrogens is 390 g/mol. The van der Waals surface area contributed by atoms with Gasteiger partial charge in [-0.1, -0.05) is 66.7 Å². The molecular formula is C26H27NO4. The SMILES string of the molecule is Cc1ccc(C2(O)CC3COCC(C2)N3C(=O)OCc2ccccc2)c2ccccc12. The van der Waals surface area contributed by atoms with E-state index in [4.69, 9.17) is 9.47 Å². The van der Waals surface area contributed by atoms with Gasteiger partial charge in [0.1, 0.15) is 6.61 Å². The van der Waals surface area contributed by atoms with Crippen LogP contribution in [0.25, 0.3) is 10.8 Å². The summed E-state index contributed by atoms with van der Waals surface area (Å²) in [5.41, 5.74) is 2.07. The second-order valence-electron chi connectivity index (χ2n) is 8.71. The van der Waals surface area contributed by atoms with E-state index in [1.165, 1.54) is 5.56 Å². The van der Waals surface area contributed by atoms with E-state index in [2.05, 4.69) is 25.1 Å². The first-order valence-corrected chi connectivity index (χ1v) is 10.8. The number of aryl methyl sites for hydroxylation is 1. The fraction of sp³-hybridized carbons (Fsp3) is 0.346. The van der Waals surface area contributed by atoms with Gasteiger partial charge in [0, 0.05) is 12.8 Å². The normalized spacial score (nSPS) is 25.4. The lowest BCUT2D eigenvalue weighted by Gasteiger charge is -2.51. The Kier molecular flexibility index (Phi) is 5.16. The maximum atomic E-state index is 13.0. The van der Waals surface area contributed by atoms with Crippen LogP contribution in [0.15, 0.2) is 66.7 Å². The van der Waals surface area contributed by atoms with Gasteiger partial charge in [0.25, 0.3) is 0 Å². The van der Waals surface area contributed by atoms with Crippen LogP contribution in [-0.4, -0.2) is 41.4 Å². The van der Waals surface area contributed by atoms with Gasteiger partial charge in [-0.05, 0) is 34.4 Å². The van der Waals surface area contributed by atoms with Gasteiger partial charge in [0.2, 0.25) is 0 Å². The maximum absolute atomic E-state index is 13.0. The van der Waals surface area contributed by atoms with Crippen LogP contribution < -0.4 is 0 Å². The van der Waals surface area contributed by atoms with Crippen LogP contribution in [0.5, 0.6) is 0 Å². The summed E-state index contributed by atoms with van der Waals surface area (Å²) in [5.74, 6) is 0. The number of fused-ring (bicyclic) bond motifs is 3. The minimum Gasteiger partial charge on any atom is -0.445 e. The number of carbonyl (C=O) groups is 1. The Morgan fingerprint density at radius 2 is 1.65 bits per heavy atom. The van der Waals surface area contributed by atoms with Crippen molar-refractivity contribution in [3.63, 3.8) is 0 Å². The molecule has 2 saturated heterocycles. The summed E-state index contributed by atoms with van der Waals surface area (Å²) >= 11 is 0. The molecule has 0 saturated carbocycles. The molecule has 0 radical (unpaired) electrons. The van der Waals surface area contributed by atoms with Crippen LogP contribution in [0.1, 0.15) is 29.5 Å². The van der Waals surface area contributed by atoms with Crippen molar-refractivity contribution >= 4 is 16.9 Å². The molecule has 5 nitrogen and oxygen atoms in total. The number of carbonyl (C=O) groups excluding carboxylic acids is 1. The van der Waals surface area contributed by atoms with E-state index in [9.17, 15) is 9.90 Å². The highest BCUT2D eigenvalue weighted by Crippen LogP contribution is 2.44. The van der Waals surface area contributed by atoms with Crippen molar-refractivity contribution in [1.29, 1.82) is 0 Å². The zero-order valence-corrected chi connectivity index (χ0v) is 17.7. The fourth-order valence-corrected chi connectivity index (χ4v) is 5.14. The van der Waals surface area contributed by atoms with E-state index >= 15 is 0 Å². The van der Waals surface area contributed by atoms with Crippen molar-refractivity contribution in [3.8, 4) is 0 Å². The summed E-state index contributed by atoms with van der Waals surface area (Å²) in [4.78, 5) is 14.7. The topological polar surface area (TPSA) is 59.0 Å². The predicted octanol–water partition coefficient (Wildman–Crippen LogP) is 4.54. The van der Waals surface area contributed by atoms with E-state index < -0.39 is 5.60 Å². The number of benzene rings is 3. The van der Waals surface area contributed by atoms with Crippen molar-refractivity contribution in [1.82, 2.24) is 4.90 Å². The molecule has 2 heterocycles. The smallest absolute Gasteiger partial charge is 0.410 e. The minimum atomic E-state index is -1.01. The van der Waals surface area contributed by atoms with Crippen LogP contribution in [0.3, 0.4) is 0 Å². The van der Waals surface area contributed by atoms with Crippen LogP contribution in [0.2, 0.25) is 0 Å². The van der Waals surface area contributed by atoms with Gasteiger partial charge >= 0.3 is 6.09 Å². The number of nitrogens with zero attached hydrogens (tertiary/aromatic N) is 1. The van der Waals surface area contributed by atoms with Crippen molar-refractivity contribution < 1.29 is 19.4 Å². The summed E-state index contributed by atoms with van der Waals surface area (Å²) in [6.07, 6.45) is 0.520. The molecule has 1 amide bonds. The highest BCUT2D eigenvalue weighted by molar-refractivity contribution is 5.89. The van der Waals surface area contributed by atoms with E-state index in [-0.39, 0.29) is 24.8 Å². The van der Waals surface area contributed by atoms with E-state index in [0.29, 0.717) is 26.1 Å². The standard InChI is InChI=1S/C26H27NO4/c1-18-11-12-24(23-10-6-5-9-22(18)23)26(29)13-20-16-30-17-21(14-26)27(20)25(28)31-15-19-7-3-2-4-8-19/h2-12,20-21,29H,13-17H2,1H3.